The Hall–Kier alpha value is -1.40. The summed E-state index contributed by atoms with van der Waals surface area (Å²) in [6.07, 6.45) is 0.00422. The Morgan fingerprint density at radius 3 is 2.62 bits per heavy atom. The van der Waals surface area contributed by atoms with Crippen LogP contribution in [0.15, 0.2) is 10.8 Å². The van der Waals surface area contributed by atoms with Crippen molar-refractivity contribution in [2.75, 3.05) is 6.61 Å². The van der Waals surface area contributed by atoms with Crippen LogP contribution in [0.4, 0.5) is 0 Å². The SMILES string of the molecule is Cc1cscc1C(=O)N[C@H](CCO)C(=O)O. The molecule has 1 aromatic rings. The quantitative estimate of drug-likeness (QED) is 0.707. The molecular weight excluding hydrogens is 230 g/mol. The molecule has 0 aromatic carbocycles. The number of carbonyl (C=O) groups is 2. The topological polar surface area (TPSA) is 86.6 Å². The molecule has 1 heterocycles. The summed E-state index contributed by atoms with van der Waals surface area (Å²) in [6.45, 7) is 1.51. The van der Waals surface area contributed by atoms with Crippen LogP contribution in [0.25, 0.3) is 0 Å². The summed E-state index contributed by atoms with van der Waals surface area (Å²) >= 11 is 1.39. The Balaban J connectivity index is 2.69. The maximum absolute atomic E-state index is 11.7. The van der Waals surface area contributed by atoms with Crippen LogP contribution in [-0.4, -0.2) is 34.7 Å². The van der Waals surface area contributed by atoms with Gasteiger partial charge in [-0.2, -0.15) is 11.3 Å². The highest BCUT2D eigenvalue weighted by Crippen LogP contribution is 2.13. The molecule has 1 aromatic heterocycles. The molecule has 0 spiro atoms. The lowest BCUT2D eigenvalue weighted by Crippen LogP contribution is -2.41. The van der Waals surface area contributed by atoms with Crippen LogP contribution in [0.3, 0.4) is 0 Å². The zero-order chi connectivity index (χ0) is 12.1. The van der Waals surface area contributed by atoms with Crippen molar-refractivity contribution in [2.45, 2.75) is 19.4 Å². The second-order valence-corrected chi connectivity index (χ2v) is 4.09. The van der Waals surface area contributed by atoms with Crippen molar-refractivity contribution in [3.8, 4) is 0 Å². The molecule has 3 N–H and O–H groups in total. The van der Waals surface area contributed by atoms with Gasteiger partial charge in [0.1, 0.15) is 6.04 Å². The lowest BCUT2D eigenvalue weighted by molar-refractivity contribution is -0.139. The fourth-order valence-corrected chi connectivity index (χ4v) is 2.04. The van der Waals surface area contributed by atoms with Crippen molar-refractivity contribution in [3.63, 3.8) is 0 Å². The number of hydrogen-bond donors (Lipinski definition) is 3. The highest BCUT2D eigenvalue weighted by atomic mass is 32.1. The normalized spacial score (nSPS) is 12.1. The number of aryl methyl sites for hydroxylation is 1. The van der Waals surface area contributed by atoms with E-state index in [1.165, 1.54) is 11.3 Å². The first-order chi connectivity index (χ1) is 7.56. The predicted molar refractivity (Wildman–Crippen MR) is 59.6 cm³/mol. The van der Waals surface area contributed by atoms with Gasteiger partial charge in [-0.1, -0.05) is 0 Å². The number of rotatable bonds is 5. The second-order valence-electron chi connectivity index (χ2n) is 3.35. The number of thiophene rings is 1. The van der Waals surface area contributed by atoms with Crippen molar-refractivity contribution in [3.05, 3.63) is 21.9 Å². The third-order valence-electron chi connectivity index (χ3n) is 2.12. The molecule has 0 saturated carbocycles. The molecule has 0 bridgehead atoms. The molecule has 1 rings (SSSR count). The standard InChI is InChI=1S/C10H13NO4S/c1-6-4-16-5-7(6)9(13)11-8(2-3-12)10(14)15/h4-5,8,12H,2-3H2,1H3,(H,11,13)(H,14,15)/t8-/m1/s1. The average Bonchev–Trinajstić information content (AvgIpc) is 2.63. The molecule has 5 nitrogen and oxygen atoms in total. The van der Waals surface area contributed by atoms with E-state index in [9.17, 15) is 9.59 Å². The van der Waals surface area contributed by atoms with Gasteiger partial charge in [0.05, 0.1) is 5.56 Å². The maximum atomic E-state index is 11.7. The van der Waals surface area contributed by atoms with E-state index in [2.05, 4.69) is 5.32 Å². The van der Waals surface area contributed by atoms with Crippen LogP contribution >= 0.6 is 11.3 Å². The molecule has 1 atom stereocenters. The number of hydrogen-bond acceptors (Lipinski definition) is 4. The third-order valence-corrected chi connectivity index (χ3v) is 2.98. The molecule has 0 aliphatic rings. The maximum Gasteiger partial charge on any atom is 0.326 e. The summed E-state index contributed by atoms with van der Waals surface area (Å²) in [5.41, 5.74) is 1.30. The zero-order valence-corrected chi connectivity index (χ0v) is 9.58. The highest BCUT2D eigenvalue weighted by molar-refractivity contribution is 7.08. The van der Waals surface area contributed by atoms with E-state index in [0.717, 1.165) is 5.56 Å². The fourth-order valence-electron chi connectivity index (χ4n) is 1.22. The predicted octanol–water partition coefficient (Wildman–Crippen LogP) is 0.622. The summed E-state index contributed by atoms with van der Waals surface area (Å²) < 4.78 is 0. The monoisotopic (exact) mass is 243 g/mol. The highest BCUT2D eigenvalue weighted by Gasteiger charge is 2.20. The molecule has 88 valence electrons. The Kier molecular flexibility index (Phi) is 4.45. The van der Waals surface area contributed by atoms with Gasteiger partial charge >= 0.3 is 5.97 Å². The van der Waals surface area contributed by atoms with Crippen molar-refractivity contribution in [1.29, 1.82) is 0 Å². The molecule has 0 fully saturated rings. The van der Waals surface area contributed by atoms with Gasteiger partial charge in [0.15, 0.2) is 0 Å². The van der Waals surface area contributed by atoms with Crippen LogP contribution in [0.1, 0.15) is 22.3 Å². The van der Waals surface area contributed by atoms with E-state index in [-0.39, 0.29) is 13.0 Å². The van der Waals surface area contributed by atoms with Crippen molar-refractivity contribution >= 4 is 23.2 Å². The van der Waals surface area contributed by atoms with Gasteiger partial charge in [-0.3, -0.25) is 4.79 Å². The van der Waals surface area contributed by atoms with Gasteiger partial charge in [-0.05, 0) is 17.9 Å². The Labute approximate surface area is 96.7 Å². The minimum absolute atomic E-state index is 0.00422. The Bertz CT molecular complexity index is 388. The molecular formula is C10H13NO4S. The molecule has 1 amide bonds. The number of aliphatic hydroxyl groups excluding tert-OH is 1. The fraction of sp³-hybridized carbons (Fsp3) is 0.400. The van der Waals surface area contributed by atoms with Gasteiger partial charge in [0, 0.05) is 18.4 Å². The number of aliphatic carboxylic acids is 1. The number of carbonyl (C=O) groups excluding carboxylic acids is 1. The number of carboxylic acids is 1. The van der Waals surface area contributed by atoms with Crippen molar-refractivity contribution in [2.24, 2.45) is 0 Å². The summed E-state index contributed by atoms with van der Waals surface area (Å²) in [4.78, 5) is 22.4. The first-order valence-electron chi connectivity index (χ1n) is 4.73. The van der Waals surface area contributed by atoms with E-state index >= 15 is 0 Å². The molecule has 0 saturated heterocycles. The van der Waals surface area contributed by atoms with E-state index < -0.39 is 17.9 Å². The summed E-state index contributed by atoms with van der Waals surface area (Å²) in [5.74, 6) is -1.56. The first kappa shape index (κ1) is 12.7. The van der Waals surface area contributed by atoms with Gasteiger partial charge in [0.25, 0.3) is 5.91 Å². The van der Waals surface area contributed by atoms with Crippen molar-refractivity contribution < 1.29 is 19.8 Å². The second kappa shape index (κ2) is 5.62. The summed E-state index contributed by atoms with van der Waals surface area (Å²) in [7, 11) is 0. The molecule has 0 aliphatic heterocycles. The lowest BCUT2D eigenvalue weighted by atomic mass is 10.1. The molecule has 0 radical (unpaired) electrons. The van der Waals surface area contributed by atoms with E-state index in [4.69, 9.17) is 10.2 Å². The van der Waals surface area contributed by atoms with Gasteiger partial charge in [-0.25, -0.2) is 4.79 Å². The van der Waals surface area contributed by atoms with E-state index in [1.807, 2.05) is 5.38 Å². The van der Waals surface area contributed by atoms with Crippen LogP contribution < -0.4 is 5.32 Å². The third kappa shape index (κ3) is 3.04. The zero-order valence-electron chi connectivity index (χ0n) is 8.77. The van der Waals surface area contributed by atoms with Gasteiger partial charge in [0.2, 0.25) is 0 Å². The lowest BCUT2D eigenvalue weighted by Gasteiger charge is -2.12. The average molecular weight is 243 g/mol. The van der Waals surface area contributed by atoms with Gasteiger partial charge in [-0.15, -0.1) is 0 Å². The van der Waals surface area contributed by atoms with E-state index in [0.29, 0.717) is 5.56 Å². The van der Waals surface area contributed by atoms with Crippen LogP contribution in [0.2, 0.25) is 0 Å². The number of aliphatic hydroxyl groups is 1. The van der Waals surface area contributed by atoms with Crippen LogP contribution in [-0.2, 0) is 4.79 Å². The number of amides is 1. The van der Waals surface area contributed by atoms with Crippen molar-refractivity contribution in [1.82, 2.24) is 5.32 Å². The Morgan fingerprint density at radius 2 is 2.19 bits per heavy atom. The molecule has 0 aliphatic carbocycles. The molecule has 6 heteroatoms. The van der Waals surface area contributed by atoms with E-state index in [1.54, 1.807) is 12.3 Å². The number of nitrogens with one attached hydrogen (secondary N) is 1. The van der Waals surface area contributed by atoms with Gasteiger partial charge < -0.3 is 15.5 Å². The molecule has 0 unspecified atom stereocenters. The minimum atomic E-state index is -1.14. The smallest absolute Gasteiger partial charge is 0.326 e. The van der Waals surface area contributed by atoms with Crippen LogP contribution in [0.5, 0.6) is 0 Å². The summed E-state index contributed by atoms with van der Waals surface area (Å²) in [6, 6.07) is -1.04. The Morgan fingerprint density at radius 1 is 1.50 bits per heavy atom. The first-order valence-corrected chi connectivity index (χ1v) is 5.68. The van der Waals surface area contributed by atoms with Crippen LogP contribution in [0, 0.1) is 6.92 Å². The minimum Gasteiger partial charge on any atom is -0.480 e. The summed E-state index contributed by atoms with van der Waals surface area (Å²) in [5, 5.41) is 23.3. The number of carboxylic acid groups (broad SMARTS) is 1. The molecule has 16 heavy (non-hydrogen) atoms. The largest absolute Gasteiger partial charge is 0.480 e.